The Bertz CT molecular complexity index is 1390. The predicted molar refractivity (Wildman–Crippen MR) is 167 cm³/mol. The van der Waals surface area contributed by atoms with E-state index in [1.807, 2.05) is 56.3 Å². The fourth-order valence-corrected chi connectivity index (χ4v) is 5.38. The van der Waals surface area contributed by atoms with E-state index in [2.05, 4.69) is 19.2 Å². The second-order valence-corrected chi connectivity index (χ2v) is 13.4. The summed E-state index contributed by atoms with van der Waals surface area (Å²) in [7, 11) is -3.82. The molecule has 1 N–H and O–H groups in total. The lowest BCUT2D eigenvalue weighted by molar-refractivity contribution is -0.140. The number of hydrogen-bond acceptors (Lipinski definition) is 4. The minimum Gasteiger partial charge on any atom is -0.354 e. The fourth-order valence-electron chi connectivity index (χ4n) is 4.40. The monoisotopic (exact) mass is 597 g/mol. The van der Waals surface area contributed by atoms with E-state index in [9.17, 15) is 18.0 Å². The van der Waals surface area contributed by atoms with Crippen molar-refractivity contribution in [2.45, 2.75) is 52.6 Å². The van der Waals surface area contributed by atoms with Crippen LogP contribution in [0.25, 0.3) is 0 Å². The molecule has 0 saturated heterocycles. The number of rotatable bonds is 13. The van der Waals surface area contributed by atoms with Gasteiger partial charge >= 0.3 is 0 Å². The second-order valence-electron chi connectivity index (χ2n) is 11.0. The number of amides is 2. The molecule has 0 fully saturated rings. The van der Waals surface area contributed by atoms with Gasteiger partial charge in [-0.3, -0.25) is 13.9 Å². The first-order valence-corrected chi connectivity index (χ1v) is 16.0. The van der Waals surface area contributed by atoms with Crippen LogP contribution in [-0.2, 0) is 32.6 Å². The number of nitrogens with one attached hydrogen (secondary N) is 1. The topological polar surface area (TPSA) is 86.8 Å². The molecule has 0 aliphatic heterocycles. The summed E-state index contributed by atoms with van der Waals surface area (Å²) in [5.41, 5.74) is 3.10. The Morgan fingerprint density at radius 3 is 2.00 bits per heavy atom. The number of sulfonamides is 1. The molecule has 9 heteroatoms. The molecule has 0 aliphatic carbocycles. The van der Waals surface area contributed by atoms with Crippen molar-refractivity contribution in [3.63, 3.8) is 0 Å². The van der Waals surface area contributed by atoms with Gasteiger partial charge < -0.3 is 10.2 Å². The lowest BCUT2D eigenvalue weighted by Crippen LogP contribution is -2.53. The van der Waals surface area contributed by atoms with Crippen LogP contribution in [0, 0.1) is 5.92 Å². The molecule has 41 heavy (non-hydrogen) atoms. The Morgan fingerprint density at radius 1 is 0.854 bits per heavy atom. The van der Waals surface area contributed by atoms with Crippen molar-refractivity contribution < 1.29 is 18.0 Å². The van der Waals surface area contributed by atoms with Crippen LogP contribution in [0.4, 0.5) is 5.69 Å². The summed E-state index contributed by atoms with van der Waals surface area (Å²) < 4.78 is 27.0. The molecule has 7 nitrogen and oxygen atoms in total. The SMILES string of the molecule is CC(C)CNC(=O)C(Cc1ccccc1)N(Cc1ccc(Cl)cc1)C(=O)CN(c1ccc(C(C)C)cc1)S(C)(=O)=O. The average Bonchev–Trinajstić information content (AvgIpc) is 2.93. The zero-order chi connectivity index (χ0) is 30.2. The standard InChI is InChI=1S/C32H40ClN3O4S/c1-23(2)20-34-32(38)30(19-25-9-7-6-8-10-25)35(21-26-11-15-28(33)16-12-26)31(37)22-36(41(5,39)40)29-17-13-27(14-18-29)24(3)4/h6-18,23-24,30H,19-22H2,1-5H3,(H,34,38). The van der Waals surface area contributed by atoms with Crippen LogP contribution >= 0.6 is 11.6 Å². The van der Waals surface area contributed by atoms with Crippen LogP contribution in [0.2, 0.25) is 5.02 Å². The molecule has 1 unspecified atom stereocenters. The molecule has 0 bridgehead atoms. The van der Waals surface area contributed by atoms with E-state index in [-0.39, 0.29) is 30.7 Å². The largest absolute Gasteiger partial charge is 0.354 e. The van der Waals surface area contributed by atoms with Gasteiger partial charge in [-0.2, -0.15) is 0 Å². The van der Waals surface area contributed by atoms with E-state index in [0.29, 0.717) is 17.3 Å². The van der Waals surface area contributed by atoms with E-state index >= 15 is 0 Å². The van der Waals surface area contributed by atoms with Crippen molar-refractivity contribution in [2.24, 2.45) is 5.92 Å². The van der Waals surface area contributed by atoms with E-state index < -0.39 is 28.5 Å². The summed E-state index contributed by atoms with van der Waals surface area (Å²) in [4.78, 5) is 29.2. The molecule has 0 spiro atoms. The second kappa shape index (κ2) is 14.5. The Morgan fingerprint density at radius 2 is 1.46 bits per heavy atom. The molecule has 0 radical (unpaired) electrons. The highest BCUT2D eigenvalue weighted by Crippen LogP contribution is 2.23. The number of benzene rings is 3. The van der Waals surface area contributed by atoms with Crippen molar-refractivity contribution in [1.29, 1.82) is 0 Å². The molecule has 220 valence electrons. The minimum absolute atomic E-state index is 0.104. The number of carbonyl (C=O) groups excluding carboxylic acids is 2. The molecule has 3 aromatic carbocycles. The molecular weight excluding hydrogens is 558 g/mol. The van der Waals surface area contributed by atoms with Gasteiger partial charge in [0, 0.05) is 24.5 Å². The van der Waals surface area contributed by atoms with Crippen molar-refractivity contribution in [3.8, 4) is 0 Å². The highest BCUT2D eigenvalue weighted by molar-refractivity contribution is 7.92. The highest BCUT2D eigenvalue weighted by Gasteiger charge is 2.33. The third kappa shape index (κ3) is 9.61. The van der Waals surface area contributed by atoms with Gasteiger partial charge in [0.05, 0.1) is 11.9 Å². The summed E-state index contributed by atoms with van der Waals surface area (Å²) in [6.07, 6.45) is 1.35. The van der Waals surface area contributed by atoms with Gasteiger partial charge in [0.1, 0.15) is 12.6 Å². The normalized spacial score (nSPS) is 12.3. The van der Waals surface area contributed by atoms with Crippen LogP contribution in [0.1, 0.15) is 50.3 Å². The molecule has 0 saturated carbocycles. The van der Waals surface area contributed by atoms with E-state index in [4.69, 9.17) is 11.6 Å². The van der Waals surface area contributed by atoms with E-state index in [1.165, 1.54) is 4.90 Å². The summed E-state index contributed by atoms with van der Waals surface area (Å²) in [6, 6.07) is 22.8. The predicted octanol–water partition coefficient (Wildman–Crippen LogP) is 5.64. The van der Waals surface area contributed by atoms with Crippen molar-refractivity contribution in [1.82, 2.24) is 10.2 Å². The van der Waals surface area contributed by atoms with E-state index in [0.717, 1.165) is 27.3 Å². The Labute approximate surface area is 249 Å². The first-order chi connectivity index (χ1) is 19.3. The van der Waals surface area contributed by atoms with Gasteiger partial charge in [0.15, 0.2) is 0 Å². The van der Waals surface area contributed by atoms with E-state index in [1.54, 1.807) is 36.4 Å². The molecule has 1 atom stereocenters. The third-order valence-corrected chi connectivity index (χ3v) is 8.14. The number of anilines is 1. The van der Waals surface area contributed by atoms with Crippen LogP contribution < -0.4 is 9.62 Å². The van der Waals surface area contributed by atoms with Crippen molar-refractivity contribution in [2.75, 3.05) is 23.7 Å². The smallest absolute Gasteiger partial charge is 0.244 e. The van der Waals surface area contributed by atoms with Gasteiger partial charge in [-0.25, -0.2) is 8.42 Å². The van der Waals surface area contributed by atoms with Crippen LogP contribution in [0.3, 0.4) is 0 Å². The number of halogens is 1. The van der Waals surface area contributed by atoms with Crippen molar-refractivity contribution in [3.05, 3.63) is 101 Å². The van der Waals surface area contributed by atoms with Gasteiger partial charge in [-0.05, 0) is 52.8 Å². The minimum atomic E-state index is -3.82. The summed E-state index contributed by atoms with van der Waals surface area (Å²) >= 11 is 6.10. The number of hydrogen-bond donors (Lipinski definition) is 1. The zero-order valence-corrected chi connectivity index (χ0v) is 26.0. The van der Waals surface area contributed by atoms with Gasteiger partial charge in [-0.1, -0.05) is 93.9 Å². The first-order valence-electron chi connectivity index (χ1n) is 13.8. The average molecular weight is 598 g/mol. The molecule has 0 aromatic heterocycles. The van der Waals surface area contributed by atoms with Crippen molar-refractivity contribution >= 4 is 39.1 Å². The Kier molecular flexibility index (Phi) is 11.4. The molecule has 3 aromatic rings. The molecular formula is C32H40ClN3O4S. The summed E-state index contributed by atoms with van der Waals surface area (Å²) in [5, 5.41) is 3.53. The van der Waals surface area contributed by atoms with Gasteiger partial charge in [-0.15, -0.1) is 0 Å². The lowest BCUT2D eigenvalue weighted by Gasteiger charge is -2.33. The summed E-state index contributed by atoms with van der Waals surface area (Å²) in [5.74, 6) is -0.294. The van der Waals surface area contributed by atoms with Crippen LogP contribution in [0.5, 0.6) is 0 Å². The van der Waals surface area contributed by atoms with Crippen LogP contribution in [0.15, 0.2) is 78.9 Å². The number of nitrogens with zero attached hydrogens (tertiary/aromatic N) is 2. The molecule has 0 aliphatic rings. The number of carbonyl (C=O) groups is 2. The van der Waals surface area contributed by atoms with Gasteiger partial charge in [0.2, 0.25) is 21.8 Å². The van der Waals surface area contributed by atoms with Crippen LogP contribution in [-0.4, -0.2) is 50.5 Å². The first kappa shape index (κ1) is 32.2. The Hall–Kier alpha value is -3.36. The quantitative estimate of drug-likeness (QED) is 0.276. The summed E-state index contributed by atoms with van der Waals surface area (Å²) in [6.45, 7) is 8.21. The molecule has 2 amide bonds. The maximum atomic E-state index is 14.1. The zero-order valence-electron chi connectivity index (χ0n) is 24.4. The maximum Gasteiger partial charge on any atom is 0.244 e. The lowest BCUT2D eigenvalue weighted by atomic mass is 10.0. The molecule has 0 heterocycles. The Balaban J connectivity index is 2.03. The maximum absolute atomic E-state index is 14.1. The third-order valence-electron chi connectivity index (χ3n) is 6.75. The fraction of sp³-hybridized carbons (Fsp3) is 0.375. The molecule has 3 rings (SSSR count). The highest BCUT2D eigenvalue weighted by atomic mass is 35.5. The van der Waals surface area contributed by atoms with Gasteiger partial charge in [0.25, 0.3) is 0 Å².